The summed E-state index contributed by atoms with van der Waals surface area (Å²) < 4.78 is 11.3. The molecule has 4 aromatic rings. The highest BCUT2D eigenvalue weighted by atomic mass is 16.5. The zero-order valence-electron chi connectivity index (χ0n) is 19.4. The summed E-state index contributed by atoms with van der Waals surface area (Å²) in [4.78, 5) is 4.65. The first-order valence-electron chi connectivity index (χ1n) is 11.4. The Bertz CT molecular complexity index is 1360. The van der Waals surface area contributed by atoms with Crippen LogP contribution in [0.15, 0.2) is 47.0 Å². The third kappa shape index (κ3) is 4.30. The summed E-state index contributed by atoms with van der Waals surface area (Å²) in [7, 11) is 0. The molecule has 0 bridgehead atoms. The van der Waals surface area contributed by atoms with Crippen molar-refractivity contribution in [2.45, 2.75) is 52.3 Å². The fraction of sp³-hybridized carbons (Fsp3) is 0.308. The molecular formula is C26H26N6O2. The maximum absolute atomic E-state index is 9.53. The summed E-state index contributed by atoms with van der Waals surface area (Å²) in [5, 5.41) is 24.7. The van der Waals surface area contributed by atoms with Crippen LogP contribution in [0.5, 0.6) is 5.75 Å². The molecule has 0 fully saturated rings. The fourth-order valence-electron chi connectivity index (χ4n) is 4.43. The second-order valence-electron chi connectivity index (χ2n) is 8.80. The summed E-state index contributed by atoms with van der Waals surface area (Å²) in [6, 6.07) is 16.1. The van der Waals surface area contributed by atoms with Crippen LogP contribution in [0.2, 0.25) is 0 Å². The zero-order chi connectivity index (χ0) is 23.7. The number of hydrogen-bond donors (Lipinski definition) is 2. The Labute approximate surface area is 198 Å². The molecule has 2 N–H and O–H groups in total. The monoisotopic (exact) mass is 454 g/mol. The molecule has 34 heavy (non-hydrogen) atoms. The molecule has 172 valence electrons. The molecule has 0 saturated carbocycles. The standard InChI is InChI=1S/C26H26N6O2/c1-15(2)33-24-10-7-17(12-18(24)13-27)26-29-25(32-34-26)22-6-4-5-21-20(22)8-9-23(21)28-14-19-11-16(3)30-31-19/h4-7,10-12,15,23,28H,8-9,14H2,1-3H3,(H,30,31). The lowest BCUT2D eigenvalue weighted by Gasteiger charge is -2.13. The van der Waals surface area contributed by atoms with Crippen molar-refractivity contribution < 1.29 is 9.26 Å². The maximum Gasteiger partial charge on any atom is 0.258 e. The number of rotatable bonds is 7. The second kappa shape index (κ2) is 9.12. The van der Waals surface area contributed by atoms with E-state index in [1.165, 1.54) is 11.1 Å². The van der Waals surface area contributed by atoms with Crippen LogP contribution in [0.3, 0.4) is 0 Å². The molecule has 2 aromatic carbocycles. The minimum atomic E-state index is -0.0187. The van der Waals surface area contributed by atoms with Gasteiger partial charge in [0, 0.05) is 29.4 Å². The Morgan fingerprint density at radius 2 is 2.15 bits per heavy atom. The highest BCUT2D eigenvalue weighted by Crippen LogP contribution is 2.37. The molecule has 1 aliphatic carbocycles. The average molecular weight is 455 g/mol. The van der Waals surface area contributed by atoms with E-state index in [1.54, 1.807) is 12.1 Å². The summed E-state index contributed by atoms with van der Waals surface area (Å²) in [5.74, 6) is 1.48. The van der Waals surface area contributed by atoms with Crippen molar-refractivity contribution in [3.63, 3.8) is 0 Å². The smallest absolute Gasteiger partial charge is 0.258 e. The highest BCUT2D eigenvalue weighted by molar-refractivity contribution is 5.67. The molecule has 0 radical (unpaired) electrons. The summed E-state index contributed by atoms with van der Waals surface area (Å²) >= 11 is 0. The van der Waals surface area contributed by atoms with E-state index in [1.807, 2.05) is 39.0 Å². The van der Waals surface area contributed by atoms with Gasteiger partial charge < -0.3 is 14.6 Å². The van der Waals surface area contributed by atoms with E-state index in [4.69, 9.17) is 9.26 Å². The van der Waals surface area contributed by atoms with Crippen LogP contribution in [0.25, 0.3) is 22.8 Å². The van der Waals surface area contributed by atoms with Gasteiger partial charge in [0.25, 0.3) is 5.89 Å². The number of nitrogens with zero attached hydrogens (tertiary/aromatic N) is 4. The Hall–Kier alpha value is -3.96. The number of nitrogens with one attached hydrogen (secondary N) is 2. The van der Waals surface area contributed by atoms with Crippen molar-refractivity contribution in [2.24, 2.45) is 0 Å². The fourth-order valence-corrected chi connectivity index (χ4v) is 4.43. The number of aryl methyl sites for hydroxylation is 1. The second-order valence-corrected chi connectivity index (χ2v) is 8.80. The molecule has 8 heteroatoms. The van der Waals surface area contributed by atoms with Crippen molar-refractivity contribution in [2.75, 3.05) is 0 Å². The van der Waals surface area contributed by atoms with Gasteiger partial charge in [0.2, 0.25) is 5.82 Å². The molecule has 0 saturated heterocycles. The van der Waals surface area contributed by atoms with Gasteiger partial charge in [-0.3, -0.25) is 5.10 Å². The molecule has 1 unspecified atom stereocenters. The Morgan fingerprint density at radius 1 is 1.26 bits per heavy atom. The number of H-pyrrole nitrogens is 1. The first-order chi connectivity index (χ1) is 16.5. The lowest BCUT2D eigenvalue weighted by atomic mass is 10.0. The van der Waals surface area contributed by atoms with E-state index >= 15 is 0 Å². The quantitative estimate of drug-likeness (QED) is 0.409. The Kier molecular flexibility index (Phi) is 5.86. The Balaban J connectivity index is 1.38. The predicted molar refractivity (Wildman–Crippen MR) is 127 cm³/mol. The number of ether oxygens (including phenoxy) is 1. The maximum atomic E-state index is 9.53. The first-order valence-corrected chi connectivity index (χ1v) is 11.4. The minimum Gasteiger partial charge on any atom is -0.490 e. The third-order valence-electron chi connectivity index (χ3n) is 5.94. The van der Waals surface area contributed by atoms with Crippen molar-refractivity contribution in [1.29, 1.82) is 5.26 Å². The molecule has 8 nitrogen and oxygen atoms in total. The van der Waals surface area contributed by atoms with Gasteiger partial charge in [-0.2, -0.15) is 15.3 Å². The van der Waals surface area contributed by atoms with E-state index in [2.05, 4.69) is 43.9 Å². The van der Waals surface area contributed by atoms with Gasteiger partial charge in [0.15, 0.2) is 0 Å². The highest BCUT2D eigenvalue weighted by Gasteiger charge is 2.26. The molecule has 2 aromatic heterocycles. The zero-order valence-corrected chi connectivity index (χ0v) is 19.4. The van der Waals surface area contributed by atoms with Crippen LogP contribution >= 0.6 is 0 Å². The Morgan fingerprint density at radius 3 is 2.91 bits per heavy atom. The molecule has 0 amide bonds. The van der Waals surface area contributed by atoms with Crippen LogP contribution in [0.1, 0.15) is 54.4 Å². The van der Waals surface area contributed by atoms with Gasteiger partial charge in [-0.25, -0.2) is 0 Å². The number of nitriles is 1. The first kappa shape index (κ1) is 21.9. The summed E-state index contributed by atoms with van der Waals surface area (Å²) in [6.45, 7) is 6.57. The average Bonchev–Trinajstić information content (AvgIpc) is 3.57. The van der Waals surface area contributed by atoms with Crippen molar-refractivity contribution in [3.8, 4) is 34.7 Å². The van der Waals surface area contributed by atoms with Crippen LogP contribution in [0.4, 0.5) is 0 Å². The lowest BCUT2D eigenvalue weighted by Crippen LogP contribution is -2.18. The van der Waals surface area contributed by atoms with Gasteiger partial charge in [0.1, 0.15) is 11.8 Å². The van der Waals surface area contributed by atoms with Gasteiger partial charge in [-0.05, 0) is 69.0 Å². The van der Waals surface area contributed by atoms with Crippen molar-refractivity contribution in [3.05, 3.63) is 70.5 Å². The SMILES string of the molecule is Cc1cc(CNC2CCc3c(-c4noc(-c5ccc(OC(C)C)c(C#N)c5)n4)cccc32)n[nH]1. The number of benzene rings is 2. The van der Waals surface area contributed by atoms with Crippen molar-refractivity contribution >= 4 is 0 Å². The number of fused-ring (bicyclic) bond motifs is 1. The van der Waals surface area contributed by atoms with E-state index < -0.39 is 0 Å². The van der Waals surface area contributed by atoms with Crippen molar-refractivity contribution in [1.82, 2.24) is 25.7 Å². The van der Waals surface area contributed by atoms with Gasteiger partial charge in [0.05, 0.1) is 17.4 Å². The lowest BCUT2D eigenvalue weighted by molar-refractivity contribution is 0.241. The molecule has 1 aliphatic rings. The van der Waals surface area contributed by atoms with Gasteiger partial charge >= 0.3 is 0 Å². The molecule has 1 atom stereocenters. The molecule has 0 spiro atoms. The topological polar surface area (TPSA) is 113 Å². The third-order valence-corrected chi connectivity index (χ3v) is 5.94. The number of aromatic amines is 1. The molecular weight excluding hydrogens is 428 g/mol. The van der Waals surface area contributed by atoms with Crippen LogP contribution in [-0.4, -0.2) is 26.4 Å². The van der Waals surface area contributed by atoms with Gasteiger partial charge in [-0.15, -0.1) is 0 Å². The van der Waals surface area contributed by atoms with Crippen LogP contribution in [-0.2, 0) is 13.0 Å². The van der Waals surface area contributed by atoms with Crippen LogP contribution < -0.4 is 10.1 Å². The largest absolute Gasteiger partial charge is 0.490 e. The van der Waals surface area contributed by atoms with Crippen LogP contribution in [0, 0.1) is 18.3 Å². The van der Waals surface area contributed by atoms with Gasteiger partial charge in [-0.1, -0.05) is 23.4 Å². The minimum absolute atomic E-state index is 0.0187. The number of hydrogen-bond acceptors (Lipinski definition) is 7. The summed E-state index contributed by atoms with van der Waals surface area (Å²) in [5.41, 5.74) is 6.67. The normalized spacial score (nSPS) is 14.9. The van der Waals surface area contributed by atoms with E-state index in [0.29, 0.717) is 35.1 Å². The van der Waals surface area contributed by atoms with E-state index in [-0.39, 0.29) is 12.1 Å². The molecule has 2 heterocycles. The molecule has 5 rings (SSSR count). The van der Waals surface area contributed by atoms with E-state index in [9.17, 15) is 5.26 Å². The van der Waals surface area contributed by atoms with E-state index in [0.717, 1.165) is 29.8 Å². The summed E-state index contributed by atoms with van der Waals surface area (Å²) in [6.07, 6.45) is 1.92. The molecule has 0 aliphatic heterocycles. The predicted octanol–water partition coefficient (Wildman–Crippen LogP) is 4.87. The number of aromatic nitrogens is 4.